The molecule has 3 unspecified atom stereocenters. The summed E-state index contributed by atoms with van der Waals surface area (Å²) >= 11 is 0. The molecule has 0 spiro atoms. The van der Waals surface area contributed by atoms with Gasteiger partial charge in [-0.05, 0) is 50.4 Å². The van der Waals surface area contributed by atoms with Crippen molar-refractivity contribution >= 4 is 0 Å². The molecule has 0 aromatic rings. The van der Waals surface area contributed by atoms with Crippen LogP contribution < -0.4 is 0 Å². The number of ether oxygens (including phenoxy) is 1. The van der Waals surface area contributed by atoms with Crippen molar-refractivity contribution in [3.8, 4) is 0 Å². The second-order valence-electron chi connectivity index (χ2n) is 8.00. The molecule has 20 heavy (non-hydrogen) atoms. The van der Waals surface area contributed by atoms with Gasteiger partial charge in [0.05, 0.1) is 17.8 Å². The number of hydrogen-bond acceptors (Lipinski definition) is 4. The predicted molar refractivity (Wildman–Crippen MR) is 74.9 cm³/mol. The summed E-state index contributed by atoms with van der Waals surface area (Å²) in [7, 11) is 0. The molecule has 4 nitrogen and oxygen atoms in total. The van der Waals surface area contributed by atoms with E-state index in [2.05, 4.69) is 0 Å². The highest BCUT2D eigenvalue weighted by Gasteiger charge is 2.59. The van der Waals surface area contributed by atoms with E-state index in [1.54, 1.807) is 0 Å². The maximum Gasteiger partial charge on any atom is 0.162 e. The van der Waals surface area contributed by atoms with Crippen molar-refractivity contribution in [2.45, 2.75) is 76.3 Å². The van der Waals surface area contributed by atoms with Crippen LogP contribution in [0.4, 0.5) is 0 Å². The van der Waals surface area contributed by atoms with Gasteiger partial charge in [0.2, 0.25) is 0 Å². The van der Waals surface area contributed by atoms with Crippen LogP contribution in [0.15, 0.2) is 0 Å². The highest BCUT2D eigenvalue weighted by molar-refractivity contribution is 5.10. The van der Waals surface area contributed by atoms with Crippen molar-refractivity contribution < 1.29 is 20.1 Å². The quantitative estimate of drug-likeness (QED) is 0.674. The Hall–Kier alpha value is -0.160. The normalized spacial score (nSPS) is 47.2. The van der Waals surface area contributed by atoms with E-state index >= 15 is 0 Å². The van der Waals surface area contributed by atoms with Crippen molar-refractivity contribution in [2.75, 3.05) is 6.61 Å². The van der Waals surface area contributed by atoms with E-state index in [1.165, 1.54) is 6.42 Å². The largest absolute Gasteiger partial charge is 0.396 e. The molecule has 0 amide bonds. The average molecular weight is 284 g/mol. The van der Waals surface area contributed by atoms with Crippen LogP contribution in [0, 0.1) is 17.3 Å². The zero-order chi connectivity index (χ0) is 14.6. The molecule has 0 aromatic carbocycles. The van der Waals surface area contributed by atoms with E-state index in [4.69, 9.17) is 4.74 Å². The van der Waals surface area contributed by atoms with E-state index in [1.807, 2.05) is 13.8 Å². The molecule has 4 atom stereocenters. The third kappa shape index (κ3) is 2.31. The summed E-state index contributed by atoms with van der Waals surface area (Å²) in [5, 5.41) is 30.7. The van der Waals surface area contributed by atoms with Gasteiger partial charge < -0.3 is 20.1 Å². The number of aliphatic hydroxyl groups excluding tert-OH is 2. The standard InChI is InChI=1S/C16H28O4/c1-3-14(2,10-17)13(18)20-16-7-11-4-12(8-16)6-15(19,5-11)9-16/h11-13,17-19H,3-10H2,1-2H3/t11?,12?,13-,14?,15?,16?/m1/s1. The molecular weight excluding hydrogens is 256 g/mol. The van der Waals surface area contributed by atoms with Crippen LogP contribution in [-0.4, -0.2) is 39.4 Å². The van der Waals surface area contributed by atoms with Crippen LogP contribution in [0.2, 0.25) is 0 Å². The first-order valence-electron chi connectivity index (χ1n) is 8.01. The second-order valence-corrected chi connectivity index (χ2v) is 8.00. The van der Waals surface area contributed by atoms with Gasteiger partial charge in [-0.1, -0.05) is 13.8 Å². The fraction of sp³-hybridized carbons (Fsp3) is 1.00. The molecule has 0 saturated heterocycles. The summed E-state index contributed by atoms with van der Waals surface area (Å²) in [6.07, 6.45) is 5.26. The Balaban J connectivity index is 1.77. The zero-order valence-corrected chi connectivity index (χ0v) is 12.6. The van der Waals surface area contributed by atoms with Gasteiger partial charge in [0, 0.05) is 11.8 Å². The van der Waals surface area contributed by atoms with Crippen LogP contribution in [0.1, 0.15) is 58.8 Å². The van der Waals surface area contributed by atoms with Gasteiger partial charge in [0.15, 0.2) is 6.29 Å². The third-order valence-electron chi connectivity index (χ3n) is 6.10. The van der Waals surface area contributed by atoms with Crippen molar-refractivity contribution in [1.29, 1.82) is 0 Å². The molecule has 4 heteroatoms. The summed E-state index contributed by atoms with van der Waals surface area (Å²) in [5.41, 5.74) is -1.57. The third-order valence-corrected chi connectivity index (χ3v) is 6.10. The van der Waals surface area contributed by atoms with Gasteiger partial charge in [-0.15, -0.1) is 0 Å². The predicted octanol–water partition coefficient (Wildman–Crippen LogP) is 1.81. The SMILES string of the molecule is CCC(C)(CO)[C@H](O)OC12CC3CC(CC(O)(C3)C1)C2. The molecule has 4 bridgehead atoms. The molecule has 4 aliphatic rings. The summed E-state index contributed by atoms with van der Waals surface area (Å²) in [6.45, 7) is 3.72. The first kappa shape index (κ1) is 14.8. The van der Waals surface area contributed by atoms with Crippen LogP contribution in [-0.2, 0) is 4.74 Å². The van der Waals surface area contributed by atoms with Crippen LogP contribution in [0.5, 0.6) is 0 Å². The Morgan fingerprint density at radius 2 is 1.85 bits per heavy atom. The first-order valence-corrected chi connectivity index (χ1v) is 8.01. The molecule has 0 radical (unpaired) electrons. The van der Waals surface area contributed by atoms with E-state index in [0.717, 1.165) is 25.7 Å². The summed E-state index contributed by atoms with van der Waals surface area (Å²) in [6, 6.07) is 0. The van der Waals surface area contributed by atoms with Crippen LogP contribution in [0.25, 0.3) is 0 Å². The monoisotopic (exact) mass is 284 g/mol. The molecule has 4 aliphatic carbocycles. The Bertz CT molecular complexity index is 363. The maximum atomic E-state index is 10.7. The molecular formula is C16H28O4. The molecule has 116 valence electrons. The van der Waals surface area contributed by atoms with Gasteiger partial charge in [0.25, 0.3) is 0 Å². The van der Waals surface area contributed by atoms with E-state index in [0.29, 0.717) is 24.7 Å². The van der Waals surface area contributed by atoms with Crippen molar-refractivity contribution in [2.24, 2.45) is 17.3 Å². The van der Waals surface area contributed by atoms with Crippen molar-refractivity contribution in [1.82, 2.24) is 0 Å². The molecule has 0 aliphatic heterocycles. The minimum atomic E-state index is -0.961. The second kappa shape index (κ2) is 4.67. The highest BCUT2D eigenvalue weighted by Crippen LogP contribution is 2.59. The van der Waals surface area contributed by atoms with E-state index < -0.39 is 17.3 Å². The molecule has 3 N–H and O–H groups in total. The van der Waals surface area contributed by atoms with Gasteiger partial charge in [0.1, 0.15) is 0 Å². The fourth-order valence-electron chi connectivity index (χ4n) is 5.01. The van der Waals surface area contributed by atoms with Gasteiger partial charge >= 0.3 is 0 Å². The minimum absolute atomic E-state index is 0.0854. The fourth-order valence-corrected chi connectivity index (χ4v) is 5.01. The minimum Gasteiger partial charge on any atom is -0.396 e. The van der Waals surface area contributed by atoms with Crippen LogP contribution >= 0.6 is 0 Å². The molecule has 0 aromatic heterocycles. The summed E-state index contributed by atoms with van der Waals surface area (Å²) < 4.78 is 6.10. The smallest absolute Gasteiger partial charge is 0.162 e. The lowest BCUT2D eigenvalue weighted by Crippen LogP contribution is -2.61. The number of aliphatic hydroxyl groups is 3. The van der Waals surface area contributed by atoms with Gasteiger partial charge in [-0.25, -0.2) is 0 Å². The Labute approximate surface area is 121 Å². The summed E-state index contributed by atoms with van der Waals surface area (Å²) in [4.78, 5) is 0. The molecule has 4 saturated carbocycles. The lowest BCUT2D eigenvalue weighted by Gasteiger charge is -2.60. The topological polar surface area (TPSA) is 69.9 Å². The lowest BCUT2D eigenvalue weighted by atomic mass is 9.52. The number of hydrogen-bond donors (Lipinski definition) is 3. The van der Waals surface area contributed by atoms with Crippen molar-refractivity contribution in [3.63, 3.8) is 0 Å². The summed E-state index contributed by atoms with van der Waals surface area (Å²) in [5.74, 6) is 1.07. The molecule has 4 rings (SSSR count). The first-order chi connectivity index (χ1) is 9.32. The van der Waals surface area contributed by atoms with Gasteiger partial charge in [-0.2, -0.15) is 0 Å². The van der Waals surface area contributed by atoms with Gasteiger partial charge in [-0.3, -0.25) is 0 Å². The molecule has 0 heterocycles. The Morgan fingerprint density at radius 3 is 2.30 bits per heavy atom. The number of rotatable bonds is 5. The molecule has 4 fully saturated rings. The zero-order valence-electron chi connectivity index (χ0n) is 12.6. The van der Waals surface area contributed by atoms with E-state index in [9.17, 15) is 15.3 Å². The average Bonchev–Trinajstić information content (AvgIpc) is 2.34. The maximum absolute atomic E-state index is 10.7. The Kier molecular flexibility index (Phi) is 3.45. The van der Waals surface area contributed by atoms with E-state index in [-0.39, 0.29) is 12.2 Å². The Morgan fingerprint density at radius 1 is 1.25 bits per heavy atom. The van der Waals surface area contributed by atoms with Crippen LogP contribution in [0.3, 0.4) is 0 Å². The highest BCUT2D eigenvalue weighted by atomic mass is 16.6. The van der Waals surface area contributed by atoms with Crippen molar-refractivity contribution in [3.05, 3.63) is 0 Å². The lowest BCUT2D eigenvalue weighted by molar-refractivity contribution is -0.297.